The topological polar surface area (TPSA) is 90.9 Å². The molecule has 2 aromatic rings. The van der Waals surface area contributed by atoms with Crippen LogP contribution in [0.1, 0.15) is 22.8 Å². The highest BCUT2D eigenvalue weighted by molar-refractivity contribution is 5.94. The van der Waals surface area contributed by atoms with Crippen LogP contribution in [0, 0.1) is 0 Å². The number of rotatable bonds is 9. The van der Waals surface area contributed by atoms with Crippen molar-refractivity contribution in [2.24, 2.45) is 0 Å². The summed E-state index contributed by atoms with van der Waals surface area (Å²) >= 11 is 0. The van der Waals surface area contributed by atoms with Gasteiger partial charge in [-0.25, -0.2) is 9.59 Å². The van der Waals surface area contributed by atoms with Crippen LogP contribution in [0.4, 0.5) is 0 Å². The van der Waals surface area contributed by atoms with E-state index in [9.17, 15) is 14.4 Å². The predicted octanol–water partition coefficient (Wildman–Crippen LogP) is 2.14. The van der Waals surface area contributed by atoms with E-state index in [1.807, 2.05) is 30.3 Å². The van der Waals surface area contributed by atoms with Gasteiger partial charge in [0.05, 0.1) is 13.7 Å². The molecule has 1 amide bonds. The summed E-state index contributed by atoms with van der Waals surface area (Å²) < 4.78 is 15.2. The van der Waals surface area contributed by atoms with Gasteiger partial charge in [-0.2, -0.15) is 0 Å². The van der Waals surface area contributed by atoms with Crippen LogP contribution in [0.3, 0.4) is 0 Å². The Bertz CT molecular complexity index is 806. The van der Waals surface area contributed by atoms with Crippen molar-refractivity contribution in [1.82, 2.24) is 5.32 Å². The lowest BCUT2D eigenvalue weighted by Gasteiger charge is -2.17. The van der Waals surface area contributed by atoms with Crippen LogP contribution in [0.15, 0.2) is 54.6 Å². The number of hydrogen-bond acceptors (Lipinski definition) is 6. The number of carbonyl (C=O) groups excluding carboxylic acids is 3. The van der Waals surface area contributed by atoms with E-state index in [1.54, 1.807) is 31.2 Å². The van der Waals surface area contributed by atoms with Crippen LogP contribution in [0.5, 0.6) is 5.75 Å². The number of hydrogen-bond donors (Lipinski definition) is 1. The molecule has 28 heavy (non-hydrogen) atoms. The molecule has 0 aliphatic carbocycles. The van der Waals surface area contributed by atoms with E-state index < -0.39 is 30.5 Å². The Morgan fingerprint density at radius 2 is 1.68 bits per heavy atom. The first-order chi connectivity index (χ1) is 13.5. The fraction of sp³-hybridized carbons (Fsp3) is 0.286. The molecule has 1 atom stereocenters. The van der Waals surface area contributed by atoms with Crippen LogP contribution in [-0.4, -0.2) is 44.2 Å². The monoisotopic (exact) mass is 385 g/mol. The minimum absolute atomic E-state index is 0.228. The average molecular weight is 385 g/mol. The summed E-state index contributed by atoms with van der Waals surface area (Å²) in [5.74, 6) is -1.48. The molecule has 1 N–H and O–H groups in total. The lowest BCUT2D eigenvalue weighted by Crippen LogP contribution is -2.44. The van der Waals surface area contributed by atoms with Crippen LogP contribution < -0.4 is 10.1 Å². The smallest absolute Gasteiger partial charge is 0.342 e. The van der Waals surface area contributed by atoms with Gasteiger partial charge in [-0.3, -0.25) is 4.79 Å². The molecule has 7 heteroatoms. The van der Waals surface area contributed by atoms with E-state index in [0.29, 0.717) is 12.4 Å². The number of carbonyl (C=O) groups is 3. The maximum atomic E-state index is 12.2. The lowest BCUT2D eigenvalue weighted by atomic mass is 10.1. The van der Waals surface area contributed by atoms with Crippen molar-refractivity contribution >= 4 is 17.8 Å². The molecule has 2 rings (SSSR count). The third-order valence-corrected chi connectivity index (χ3v) is 3.84. The molecular weight excluding hydrogens is 362 g/mol. The second-order valence-electron chi connectivity index (χ2n) is 5.84. The summed E-state index contributed by atoms with van der Waals surface area (Å²) in [6.07, 6.45) is 0.264. The zero-order valence-corrected chi connectivity index (χ0v) is 15.8. The molecule has 0 fully saturated rings. The van der Waals surface area contributed by atoms with E-state index in [4.69, 9.17) is 14.2 Å². The van der Waals surface area contributed by atoms with E-state index in [2.05, 4.69) is 5.32 Å². The Morgan fingerprint density at radius 1 is 1.00 bits per heavy atom. The Balaban J connectivity index is 1.95. The summed E-state index contributed by atoms with van der Waals surface area (Å²) in [7, 11) is 1.25. The number of ether oxygens (including phenoxy) is 3. The molecule has 7 nitrogen and oxygen atoms in total. The van der Waals surface area contributed by atoms with Gasteiger partial charge in [0.15, 0.2) is 6.61 Å². The summed E-state index contributed by atoms with van der Waals surface area (Å²) in [5.41, 5.74) is 1.09. The SMILES string of the molecule is CCOc1ccccc1C(=O)OCC(=O)N[C@H](Cc1ccccc1)C(=O)OC. The predicted molar refractivity (Wildman–Crippen MR) is 102 cm³/mol. The first kappa shape index (κ1) is 21.0. The molecule has 2 aromatic carbocycles. The molecule has 0 unspecified atom stereocenters. The summed E-state index contributed by atoms with van der Waals surface area (Å²) in [6, 6.07) is 14.9. The minimum Gasteiger partial charge on any atom is -0.493 e. The maximum Gasteiger partial charge on any atom is 0.342 e. The second-order valence-corrected chi connectivity index (χ2v) is 5.84. The fourth-order valence-corrected chi connectivity index (χ4v) is 2.55. The Morgan fingerprint density at radius 3 is 2.36 bits per heavy atom. The van der Waals surface area contributed by atoms with Crippen LogP contribution >= 0.6 is 0 Å². The molecule has 0 aliphatic rings. The van der Waals surface area contributed by atoms with Gasteiger partial charge in [0.2, 0.25) is 0 Å². The van der Waals surface area contributed by atoms with Crippen molar-refractivity contribution in [3.05, 3.63) is 65.7 Å². The number of nitrogens with one attached hydrogen (secondary N) is 1. The number of amides is 1. The molecule has 0 bridgehead atoms. The van der Waals surface area contributed by atoms with Gasteiger partial charge in [-0.15, -0.1) is 0 Å². The molecular formula is C21H23NO6. The second kappa shape index (κ2) is 10.7. The van der Waals surface area contributed by atoms with Gasteiger partial charge in [-0.05, 0) is 24.6 Å². The summed E-state index contributed by atoms with van der Waals surface area (Å²) in [4.78, 5) is 36.4. The zero-order chi connectivity index (χ0) is 20.4. The fourth-order valence-electron chi connectivity index (χ4n) is 2.55. The van der Waals surface area contributed by atoms with E-state index in [0.717, 1.165) is 5.56 Å². The highest BCUT2D eigenvalue weighted by atomic mass is 16.5. The minimum atomic E-state index is -0.880. The zero-order valence-electron chi connectivity index (χ0n) is 15.8. The summed E-state index contributed by atoms with van der Waals surface area (Å²) in [6.45, 7) is 1.67. The Labute approximate surface area is 163 Å². The van der Waals surface area contributed by atoms with Gasteiger partial charge in [0, 0.05) is 6.42 Å². The first-order valence-corrected chi connectivity index (χ1v) is 8.85. The largest absolute Gasteiger partial charge is 0.493 e. The van der Waals surface area contributed by atoms with Crippen molar-refractivity contribution in [3.8, 4) is 5.75 Å². The van der Waals surface area contributed by atoms with Crippen LogP contribution in [0.25, 0.3) is 0 Å². The van der Waals surface area contributed by atoms with Crippen molar-refractivity contribution in [3.63, 3.8) is 0 Å². The quantitative estimate of drug-likeness (QED) is 0.665. The average Bonchev–Trinajstić information content (AvgIpc) is 2.72. The lowest BCUT2D eigenvalue weighted by molar-refractivity contribution is -0.145. The van der Waals surface area contributed by atoms with Crippen molar-refractivity contribution in [1.29, 1.82) is 0 Å². The number of methoxy groups -OCH3 is 1. The molecule has 0 heterocycles. The normalized spacial score (nSPS) is 11.2. The molecule has 0 radical (unpaired) electrons. The third kappa shape index (κ3) is 6.12. The molecule has 0 aliphatic heterocycles. The van der Waals surface area contributed by atoms with Gasteiger partial charge in [0.25, 0.3) is 5.91 Å². The van der Waals surface area contributed by atoms with Gasteiger partial charge >= 0.3 is 11.9 Å². The molecule has 0 aromatic heterocycles. The first-order valence-electron chi connectivity index (χ1n) is 8.85. The van der Waals surface area contributed by atoms with E-state index >= 15 is 0 Å². The number of esters is 2. The van der Waals surface area contributed by atoms with Crippen LogP contribution in [-0.2, 0) is 25.5 Å². The number of para-hydroxylation sites is 1. The Hall–Kier alpha value is -3.35. The highest BCUT2D eigenvalue weighted by Gasteiger charge is 2.23. The molecule has 148 valence electrons. The van der Waals surface area contributed by atoms with E-state index in [-0.39, 0.29) is 12.0 Å². The van der Waals surface area contributed by atoms with Gasteiger partial charge in [0.1, 0.15) is 17.4 Å². The van der Waals surface area contributed by atoms with Gasteiger partial charge in [-0.1, -0.05) is 42.5 Å². The summed E-state index contributed by atoms with van der Waals surface area (Å²) in [5, 5.41) is 2.54. The van der Waals surface area contributed by atoms with Crippen molar-refractivity contribution in [2.45, 2.75) is 19.4 Å². The Kier molecular flexibility index (Phi) is 8.02. The van der Waals surface area contributed by atoms with Gasteiger partial charge < -0.3 is 19.5 Å². The standard InChI is InChI=1S/C21H23NO6/c1-3-27-18-12-8-7-11-16(18)20(24)28-14-19(23)22-17(21(25)26-2)13-15-9-5-4-6-10-15/h4-12,17H,3,13-14H2,1-2H3,(H,22,23)/t17-/m1/s1. The third-order valence-electron chi connectivity index (χ3n) is 3.84. The van der Waals surface area contributed by atoms with Crippen molar-refractivity contribution < 1.29 is 28.6 Å². The van der Waals surface area contributed by atoms with Crippen molar-refractivity contribution in [2.75, 3.05) is 20.3 Å². The van der Waals surface area contributed by atoms with E-state index in [1.165, 1.54) is 7.11 Å². The number of benzene rings is 2. The highest BCUT2D eigenvalue weighted by Crippen LogP contribution is 2.18. The molecule has 0 saturated carbocycles. The molecule has 0 spiro atoms. The maximum absolute atomic E-state index is 12.2. The van der Waals surface area contributed by atoms with Crippen LogP contribution in [0.2, 0.25) is 0 Å². The molecule has 0 saturated heterocycles.